The maximum absolute atomic E-state index is 11.5. The van der Waals surface area contributed by atoms with E-state index in [1.165, 1.54) is 23.0 Å². The monoisotopic (exact) mass is 298 g/mol. The SMILES string of the molecule is CC1CC(=Cc2ccc(S(C)(=O)=O)cc2)c2ccccc21. The van der Waals surface area contributed by atoms with Crippen molar-refractivity contribution in [1.29, 1.82) is 0 Å². The number of sulfone groups is 1. The van der Waals surface area contributed by atoms with Crippen molar-refractivity contribution in [3.63, 3.8) is 0 Å². The van der Waals surface area contributed by atoms with Gasteiger partial charge in [-0.2, -0.15) is 0 Å². The maximum Gasteiger partial charge on any atom is 0.175 e. The first-order valence-electron chi connectivity index (χ1n) is 7.05. The average Bonchev–Trinajstić information content (AvgIpc) is 2.76. The molecule has 0 radical (unpaired) electrons. The number of fused-ring (bicyclic) bond motifs is 1. The molecule has 1 aliphatic carbocycles. The van der Waals surface area contributed by atoms with Crippen molar-refractivity contribution in [2.75, 3.05) is 6.26 Å². The molecule has 0 bridgehead atoms. The van der Waals surface area contributed by atoms with E-state index in [4.69, 9.17) is 0 Å². The van der Waals surface area contributed by atoms with Crippen LogP contribution in [0.3, 0.4) is 0 Å². The molecule has 2 nitrogen and oxygen atoms in total. The van der Waals surface area contributed by atoms with Gasteiger partial charge in [0.15, 0.2) is 9.84 Å². The molecule has 0 fully saturated rings. The standard InChI is InChI=1S/C18H18O2S/c1-13-11-15(18-6-4-3-5-17(13)18)12-14-7-9-16(10-8-14)21(2,19)20/h3-10,12-13H,11H2,1-2H3. The summed E-state index contributed by atoms with van der Waals surface area (Å²) in [6.07, 6.45) is 4.43. The third kappa shape index (κ3) is 2.79. The van der Waals surface area contributed by atoms with Gasteiger partial charge in [0.2, 0.25) is 0 Å². The van der Waals surface area contributed by atoms with Crippen LogP contribution in [-0.4, -0.2) is 14.7 Å². The predicted molar refractivity (Wildman–Crippen MR) is 86.9 cm³/mol. The van der Waals surface area contributed by atoms with Crippen molar-refractivity contribution < 1.29 is 8.42 Å². The van der Waals surface area contributed by atoms with Gasteiger partial charge >= 0.3 is 0 Å². The first kappa shape index (κ1) is 14.1. The quantitative estimate of drug-likeness (QED) is 0.835. The highest BCUT2D eigenvalue weighted by Gasteiger charge is 2.22. The molecule has 2 aromatic carbocycles. The molecule has 0 heterocycles. The Balaban J connectivity index is 1.97. The van der Waals surface area contributed by atoms with Crippen LogP contribution in [0, 0.1) is 0 Å². The van der Waals surface area contributed by atoms with Gasteiger partial charge in [-0.05, 0) is 46.7 Å². The summed E-state index contributed by atoms with van der Waals surface area (Å²) in [5, 5.41) is 0. The Bertz CT molecular complexity index is 799. The molecule has 0 aliphatic heterocycles. The smallest absolute Gasteiger partial charge is 0.175 e. The molecule has 1 unspecified atom stereocenters. The van der Waals surface area contributed by atoms with E-state index < -0.39 is 9.84 Å². The zero-order chi connectivity index (χ0) is 15.0. The van der Waals surface area contributed by atoms with Crippen LogP contribution >= 0.6 is 0 Å². The number of rotatable bonds is 2. The van der Waals surface area contributed by atoms with Crippen molar-refractivity contribution in [3.8, 4) is 0 Å². The Morgan fingerprint density at radius 1 is 1.05 bits per heavy atom. The highest BCUT2D eigenvalue weighted by Crippen LogP contribution is 2.41. The fourth-order valence-electron chi connectivity index (χ4n) is 2.92. The van der Waals surface area contributed by atoms with Crippen LogP contribution in [-0.2, 0) is 9.84 Å². The van der Waals surface area contributed by atoms with Crippen LogP contribution < -0.4 is 0 Å². The molecule has 0 aromatic heterocycles. The summed E-state index contributed by atoms with van der Waals surface area (Å²) in [7, 11) is -3.12. The van der Waals surface area contributed by atoms with E-state index >= 15 is 0 Å². The second-order valence-electron chi connectivity index (χ2n) is 5.70. The Kier molecular flexibility index (Phi) is 3.46. The summed E-state index contributed by atoms with van der Waals surface area (Å²) in [4.78, 5) is 0.366. The lowest BCUT2D eigenvalue weighted by molar-refractivity contribution is 0.602. The van der Waals surface area contributed by atoms with Crippen molar-refractivity contribution >= 4 is 21.5 Å². The molecule has 3 rings (SSSR count). The van der Waals surface area contributed by atoms with Crippen molar-refractivity contribution in [1.82, 2.24) is 0 Å². The van der Waals surface area contributed by atoms with Crippen LogP contribution in [0.25, 0.3) is 11.6 Å². The molecule has 3 heteroatoms. The van der Waals surface area contributed by atoms with Gasteiger partial charge in [0.1, 0.15) is 0 Å². The molecule has 0 amide bonds. The molecule has 0 spiro atoms. The van der Waals surface area contributed by atoms with Crippen LogP contribution in [0.5, 0.6) is 0 Å². The second kappa shape index (κ2) is 5.15. The van der Waals surface area contributed by atoms with Gasteiger partial charge in [-0.15, -0.1) is 0 Å². The molecule has 0 saturated carbocycles. The van der Waals surface area contributed by atoms with Crippen molar-refractivity contribution in [2.45, 2.75) is 24.2 Å². The lowest BCUT2D eigenvalue weighted by Crippen LogP contribution is -1.96. The van der Waals surface area contributed by atoms with E-state index in [-0.39, 0.29) is 0 Å². The molecule has 1 aliphatic rings. The number of allylic oxidation sites excluding steroid dienone is 1. The predicted octanol–water partition coefficient (Wildman–Crippen LogP) is 4.14. The van der Waals surface area contributed by atoms with Gasteiger partial charge in [-0.25, -0.2) is 8.42 Å². The molecule has 0 N–H and O–H groups in total. The second-order valence-corrected chi connectivity index (χ2v) is 7.72. The summed E-state index contributed by atoms with van der Waals surface area (Å²) < 4.78 is 23.0. The van der Waals surface area contributed by atoms with Gasteiger partial charge in [0.25, 0.3) is 0 Å². The first-order chi connectivity index (χ1) is 9.95. The summed E-state index contributed by atoms with van der Waals surface area (Å²) in [5.74, 6) is 0.544. The maximum atomic E-state index is 11.5. The Hall–Kier alpha value is -1.87. The Labute approximate surface area is 126 Å². The first-order valence-corrected chi connectivity index (χ1v) is 8.94. The number of benzene rings is 2. The molecular weight excluding hydrogens is 280 g/mol. The fourth-order valence-corrected chi connectivity index (χ4v) is 3.55. The largest absolute Gasteiger partial charge is 0.224 e. The summed E-state index contributed by atoms with van der Waals surface area (Å²) >= 11 is 0. The number of hydrogen-bond donors (Lipinski definition) is 0. The number of hydrogen-bond acceptors (Lipinski definition) is 2. The molecule has 2 aromatic rings. The normalized spacial score (nSPS) is 19.7. The van der Waals surface area contributed by atoms with Crippen LogP contribution in [0.1, 0.15) is 36.0 Å². The van der Waals surface area contributed by atoms with Crippen LogP contribution in [0.2, 0.25) is 0 Å². The fraction of sp³-hybridized carbons (Fsp3) is 0.222. The van der Waals surface area contributed by atoms with Crippen LogP contribution in [0.15, 0.2) is 53.4 Å². The minimum absolute atomic E-state index is 0.366. The third-order valence-electron chi connectivity index (χ3n) is 4.01. The van der Waals surface area contributed by atoms with E-state index in [0.29, 0.717) is 10.8 Å². The van der Waals surface area contributed by atoms with E-state index in [9.17, 15) is 8.42 Å². The van der Waals surface area contributed by atoms with E-state index in [2.05, 4.69) is 37.3 Å². The summed E-state index contributed by atoms with van der Waals surface area (Å²) in [6.45, 7) is 2.24. The Morgan fingerprint density at radius 2 is 1.71 bits per heavy atom. The minimum Gasteiger partial charge on any atom is -0.224 e. The van der Waals surface area contributed by atoms with Gasteiger partial charge in [-0.3, -0.25) is 0 Å². The van der Waals surface area contributed by atoms with Crippen LogP contribution in [0.4, 0.5) is 0 Å². The van der Waals surface area contributed by atoms with Gasteiger partial charge in [-0.1, -0.05) is 49.4 Å². The molecule has 0 saturated heterocycles. The zero-order valence-corrected chi connectivity index (χ0v) is 13.0. The zero-order valence-electron chi connectivity index (χ0n) is 12.2. The molecular formula is C18H18O2S. The lowest BCUT2D eigenvalue weighted by Gasteiger charge is -2.02. The Morgan fingerprint density at radius 3 is 2.38 bits per heavy atom. The van der Waals surface area contributed by atoms with E-state index in [1.807, 2.05) is 12.1 Å². The molecule has 1 atom stereocenters. The van der Waals surface area contributed by atoms with Gasteiger partial charge in [0, 0.05) is 6.26 Å². The lowest BCUT2D eigenvalue weighted by atomic mass is 10.0. The van der Waals surface area contributed by atoms with Crippen molar-refractivity contribution in [3.05, 3.63) is 65.2 Å². The average molecular weight is 298 g/mol. The third-order valence-corrected chi connectivity index (χ3v) is 5.14. The van der Waals surface area contributed by atoms with Gasteiger partial charge in [0.05, 0.1) is 4.90 Å². The topological polar surface area (TPSA) is 34.1 Å². The minimum atomic E-state index is -3.12. The summed E-state index contributed by atoms with van der Waals surface area (Å²) in [6, 6.07) is 15.6. The molecule has 21 heavy (non-hydrogen) atoms. The highest BCUT2D eigenvalue weighted by atomic mass is 32.2. The van der Waals surface area contributed by atoms with Gasteiger partial charge < -0.3 is 0 Å². The highest BCUT2D eigenvalue weighted by molar-refractivity contribution is 7.90. The van der Waals surface area contributed by atoms with E-state index in [0.717, 1.165) is 12.0 Å². The van der Waals surface area contributed by atoms with E-state index in [1.54, 1.807) is 12.1 Å². The molecule has 108 valence electrons. The summed E-state index contributed by atoms with van der Waals surface area (Å²) in [5.41, 5.74) is 5.08. The van der Waals surface area contributed by atoms with Crippen molar-refractivity contribution in [2.24, 2.45) is 0 Å².